The Kier molecular flexibility index (Phi) is 6.18. The van der Waals surface area contributed by atoms with Crippen molar-refractivity contribution in [1.82, 2.24) is 9.97 Å². The van der Waals surface area contributed by atoms with Crippen molar-refractivity contribution in [3.05, 3.63) is 83.1 Å². The van der Waals surface area contributed by atoms with Crippen LogP contribution in [0.5, 0.6) is 0 Å². The average molecular weight is 467 g/mol. The van der Waals surface area contributed by atoms with E-state index in [2.05, 4.69) is 9.97 Å². The molecule has 5 nitrogen and oxygen atoms in total. The summed E-state index contributed by atoms with van der Waals surface area (Å²) in [6.45, 7) is 0. The first-order chi connectivity index (χ1) is 16.4. The van der Waals surface area contributed by atoms with Gasteiger partial charge in [0.2, 0.25) is 0 Å². The topological polar surface area (TPSA) is 78.1 Å². The lowest BCUT2D eigenvalue weighted by Crippen LogP contribution is -2.43. The molecule has 3 heterocycles. The van der Waals surface area contributed by atoms with E-state index >= 15 is 0 Å². The molecule has 0 bridgehead atoms. The number of hydrogen-bond donors (Lipinski definition) is 1. The van der Waals surface area contributed by atoms with Crippen LogP contribution in [0.2, 0.25) is 0 Å². The fourth-order valence-corrected chi connectivity index (χ4v) is 5.16. The van der Waals surface area contributed by atoms with Crippen molar-refractivity contribution in [3.8, 4) is 11.3 Å². The van der Waals surface area contributed by atoms with Gasteiger partial charge in [-0.05, 0) is 60.7 Å². The quantitative estimate of drug-likeness (QED) is 0.538. The summed E-state index contributed by atoms with van der Waals surface area (Å²) in [5.74, 6) is -2.89. The fraction of sp³-hybridized carbons (Fsp3) is 0.346. The van der Waals surface area contributed by atoms with Crippen LogP contribution in [0.15, 0.2) is 48.8 Å². The van der Waals surface area contributed by atoms with Gasteiger partial charge >= 0.3 is 0 Å². The van der Waals surface area contributed by atoms with E-state index in [1.54, 1.807) is 12.4 Å². The fourth-order valence-electron chi connectivity index (χ4n) is 5.16. The van der Waals surface area contributed by atoms with Crippen molar-refractivity contribution < 1.29 is 22.7 Å². The highest BCUT2D eigenvalue weighted by Gasteiger charge is 2.40. The van der Waals surface area contributed by atoms with Crippen molar-refractivity contribution in [2.75, 3.05) is 0 Å². The lowest BCUT2D eigenvalue weighted by molar-refractivity contribution is -0.0806. The molecule has 176 valence electrons. The van der Waals surface area contributed by atoms with Gasteiger partial charge < -0.3 is 10.5 Å². The first-order valence-electron chi connectivity index (χ1n) is 11.4. The van der Waals surface area contributed by atoms with Crippen LogP contribution >= 0.6 is 0 Å². The largest absolute Gasteiger partial charge is 0.370 e. The molecule has 2 aliphatic rings. The van der Waals surface area contributed by atoms with Gasteiger partial charge in [0.05, 0.1) is 17.8 Å². The highest BCUT2D eigenvalue weighted by molar-refractivity contribution is 5.96. The second-order valence-electron chi connectivity index (χ2n) is 8.96. The number of ether oxygens (including phenoxy) is 1. The summed E-state index contributed by atoms with van der Waals surface area (Å²) in [5, 5.41) is 0. The minimum atomic E-state index is -0.957. The normalized spacial score (nSPS) is 24.1. The maximum atomic E-state index is 14.4. The Bertz CT molecular complexity index is 1220. The standard InChI is InChI=1S/C26H24F3N3O2/c27-17-4-2-5-18(28)25(17)26-19(29)7-8-21(32-26)22(33)11-14-13-31-10-9-15(14)24-12-20(30)16-3-1-6-23(16)34-24/h2,4-5,7-10,13,16,20,23-24H,1,3,6,11-12,30H2/t16-,20-,23-,24-/m1/s1. The zero-order valence-corrected chi connectivity index (χ0v) is 18.4. The third-order valence-electron chi connectivity index (χ3n) is 6.85. The van der Waals surface area contributed by atoms with Crippen molar-refractivity contribution in [3.63, 3.8) is 0 Å². The molecule has 2 aromatic heterocycles. The number of pyridine rings is 2. The predicted octanol–water partition coefficient (Wildman–Crippen LogP) is 4.94. The van der Waals surface area contributed by atoms with E-state index in [9.17, 15) is 18.0 Å². The molecule has 1 saturated carbocycles. The average Bonchev–Trinajstić information content (AvgIpc) is 3.30. The second kappa shape index (κ2) is 9.27. The van der Waals surface area contributed by atoms with Gasteiger partial charge in [0.15, 0.2) is 5.78 Å². The molecule has 1 aliphatic carbocycles. The Balaban J connectivity index is 1.42. The van der Waals surface area contributed by atoms with E-state index in [-0.39, 0.29) is 30.4 Å². The number of carbonyl (C=O) groups excluding carboxylic acids is 1. The molecule has 1 aliphatic heterocycles. The van der Waals surface area contributed by atoms with E-state index < -0.39 is 34.5 Å². The number of carbonyl (C=O) groups is 1. The molecule has 4 atom stereocenters. The summed E-state index contributed by atoms with van der Waals surface area (Å²) in [7, 11) is 0. The van der Waals surface area contributed by atoms with Gasteiger partial charge in [0.1, 0.15) is 28.8 Å². The molecule has 1 saturated heterocycles. The van der Waals surface area contributed by atoms with Gasteiger partial charge in [-0.15, -0.1) is 0 Å². The Morgan fingerprint density at radius 3 is 2.65 bits per heavy atom. The third-order valence-corrected chi connectivity index (χ3v) is 6.85. The van der Waals surface area contributed by atoms with Crippen LogP contribution in [-0.4, -0.2) is 27.9 Å². The Labute approximate surface area is 195 Å². The molecular formula is C26H24F3N3O2. The van der Waals surface area contributed by atoms with E-state index in [1.807, 2.05) is 6.07 Å². The summed E-state index contributed by atoms with van der Waals surface area (Å²) < 4.78 is 49.2. The van der Waals surface area contributed by atoms with E-state index in [0.717, 1.165) is 43.0 Å². The maximum Gasteiger partial charge on any atom is 0.185 e. The number of halogens is 3. The SMILES string of the molecule is N[C@@H]1C[C@H](c2ccncc2CC(=O)c2ccc(F)c(-c3c(F)cccc3F)n2)O[C@@H]2CCC[C@H]12. The lowest BCUT2D eigenvalue weighted by Gasteiger charge is -2.38. The molecule has 0 radical (unpaired) electrons. The molecule has 8 heteroatoms. The van der Waals surface area contributed by atoms with E-state index in [1.165, 1.54) is 12.1 Å². The van der Waals surface area contributed by atoms with Gasteiger partial charge in [-0.3, -0.25) is 9.78 Å². The number of rotatable bonds is 5. The Hall–Kier alpha value is -3.10. The van der Waals surface area contributed by atoms with Gasteiger partial charge in [-0.1, -0.05) is 12.5 Å². The highest BCUT2D eigenvalue weighted by atomic mass is 19.1. The number of ketones is 1. The van der Waals surface area contributed by atoms with Crippen LogP contribution < -0.4 is 5.73 Å². The number of fused-ring (bicyclic) bond motifs is 1. The summed E-state index contributed by atoms with van der Waals surface area (Å²) >= 11 is 0. The van der Waals surface area contributed by atoms with Crippen LogP contribution in [-0.2, 0) is 11.2 Å². The van der Waals surface area contributed by atoms with Crippen LogP contribution in [0.3, 0.4) is 0 Å². The first kappa shape index (κ1) is 22.7. The van der Waals surface area contributed by atoms with Crippen LogP contribution in [0.4, 0.5) is 13.2 Å². The highest BCUT2D eigenvalue weighted by Crippen LogP contribution is 2.42. The monoisotopic (exact) mass is 467 g/mol. The molecule has 3 aromatic rings. The molecule has 2 N–H and O–H groups in total. The molecule has 34 heavy (non-hydrogen) atoms. The number of Topliss-reactive ketones (excluding diaryl/α,β-unsaturated/α-hetero) is 1. The number of nitrogens with two attached hydrogens (primary N) is 1. The van der Waals surface area contributed by atoms with E-state index in [4.69, 9.17) is 10.5 Å². The van der Waals surface area contributed by atoms with Crippen LogP contribution in [0, 0.1) is 23.4 Å². The van der Waals surface area contributed by atoms with Gasteiger partial charge in [-0.2, -0.15) is 0 Å². The molecule has 0 unspecified atom stereocenters. The first-order valence-corrected chi connectivity index (χ1v) is 11.4. The molecule has 0 amide bonds. The molecule has 5 rings (SSSR count). The lowest BCUT2D eigenvalue weighted by atomic mass is 9.85. The Morgan fingerprint density at radius 2 is 1.85 bits per heavy atom. The zero-order chi connectivity index (χ0) is 23.8. The number of hydrogen-bond acceptors (Lipinski definition) is 5. The molecule has 0 spiro atoms. The third kappa shape index (κ3) is 4.23. The second-order valence-corrected chi connectivity index (χ2v) is 8.96. The van der Waals surface area contributed by atoms with Gasteiger partial charge in [0, 0.05) is 30.8 Å². The van der Waals surface area contributed by atoms with Crippen molar-refractivity contribution in [2.24, 2.45) is 11.7 Å². The smallest absolute Gasteiger partial charge is 0.185 e. The van der Waals surface area contributed by atoms with Crippen LogP contribution in [0.25, 0.3) is 11.3 Å². The summed E-state index contributed by atoms with van der Waals surface area (Å²) in [4.78, 5) is 21.2. The van der Waals surface area contributed by atoms with E-state index in [0.29, 0.717) is 17.9 Å². The van der Waals surface area contributed by atoms with Crippen molar-refractivity contribution >= 4 is 5.78 Å². The minimum absolute atomic E-state index is 0.0277. The summed E-state index contributed by atoms with van der Waals surface area (Å²) in [6, 6.07) is 7.27. The predicted molar refractivity (Wildman–Crippen MR) is 119 cm³/mol. The number of benzene rings is 1. The zero-order valence-electron chi connectivity index (χ0n) is 18.4. The molecule has 1 aromatic carbocycles. The minimum Gasteiger partial charge on any atom is -0.370 e. The number of nitrogens with zero attached hydrogens (tertiary/aromatic N) is 2. The van der Waals surface area contributed by atoms with Gasteiger partial charge in [0.25, 0.3) is 0 Å². The molecule has 2 fully saturated rings. The molecular weight excluding hydrogens is 443 g/mol. The summed E-state index contributed by atoms with van der Waals surface area (Å²) in [6.07, 6.45) is 6.84. The van der Waals surface area contributed by atoms with Crippen molar-refractivity contribution in [2.45, 2.75) is 50.4 Å². The van der Waals surface area contributed by atoms with Crippen LogP contribution in [0.1, 0.15) is 53.4 Å². The van der Waals surface area contributed by atoms with Gasteiger partial charge in [-0.25, -0.2) is 18.2 Å². The Morgan fingerprint density at radius 1 is 1.06 bits per heavy atom. The maximum absolute atomic E-state index is 14.4. The number of aromatic nitrogens is 2. The van der Waals surface area contributed by atoms with Crippen molar-refractivity contribution in [1.29, 1.82) is 0 Å². The summed E-state index contributed by atoms with van der Waals surface area (Å²) in [5.41, 5.74) is 6.69.